The van der Waals surface area contributed by atoms with E-state index in [9.17, 15) is 22.8 Å². The minimum absolute atomic E-state index is 0.00543. The van der Waals surface area contributed by atoms with Crippen molar-refractivity contribution < 1.29 is 32.3 Å². The number of thioether (sulfide) groups is 2. The van der Waals surface area contributed by atoms with Crippen molar-refractivity contribution in [2.24, 2.45) is 5.14 Å². The van der Waals surface area contributed by atoms with Crippen LogP contribution in [0.5, 0.6) is 0 Å². The molecule has 2 aliphatic rings. The van der Waals surface area contributed by atoms with Gasteiger partial charge in [0.2, 0.25) is 21.8 Å². The molecule has 3 aromatic rings. The molecule has 0 unspecified atom stereocenters. The Hall–Kier alpha value is -3.32. The van der Waals surface area contributed by atoms with Gasteiger partial charge in [-0.3, -0.25) is 9.59 Å². The summed E-state index contributed by atoms with van der Waals surface area (Å²) in [4.78, 5) is 36.0. The number of unbranched alkanes of at least 4 members (excludes halogenated alkanes) is 1. The van der Waals surface area contributed by atoms with Crippen LogP contribution in [0, 0.1) is 0 Å². The summed E-state index contributed by atoms with van der Waals surface area (Å²) < 4.78 is 36.2. The van der Waals surface area contributed by atoms with Gasteiger partial charge in [-0.15, -0.1) is 11.8 Å². The molecule has 0 spiro atoms. The van der Waals surface area contributed by atoms with Crippen LogP contribution in [0.2, 0.25) is 5.02 Å². The maximum absolute atomic E-state index is 12.4. The van der Waals surface area contributed by atoms with Gasteiger partial charge in [-0.2, -0.15) is 16.9 Å². The molecule has 14 nitrogen and oxygen atoms in total. The number of aromatic nitrogens is 2. The molecule has 2 aliphatic heterocycles. The summed E-state index contributed by atoms with van der Waals surface area (Å²) in [6.07, 6.45) is 3.22. The van der Waals surface area contributed by atoms with Crippen molar-refractivity contribution in [3.05, 3.63) is 65.3 Å². The zero-order chi connectivity index (χ0) is 36.9. The van der Waals surface area contributed by atoms with Crippen LogP contribution >= 0.6 is 35.1 Å². The number of nitrogens with one attached hydrogen (secondary N) is 4. The van der Waals surface area contributed by atoms with Crippen molar-refractivity contribution >= 4 is 63.0 Å². The van der Waals surface area contributed by atoms with Gasteiger partial charge in [0, 0.05) is 46.9 Å². The summed E-state index contributed by atoms with van der Waals surface area (Å²) in [5, 5.41) is 22.6. The lowest BCUT2D eigenvalue weighted by atomic mass is 10.0. The van der Waals surface area contributed by atoms with E-state index < -0.39 is 10.0 Å². The Morgan fingerprint density at radius 2 is 1.67 bits per heavy atom. The molecular formula is C34H44ClN7O7S3. The van der Waals surface area contributed by atoms with E-state index in [4.69, 9.17) is 31.3 Å². The lowest BCUT2D eigenvalue weighted by molar-refractivity contribution is -0.121. The van der Waals surface area contributed by atoms with Crippen LogP contribution in [0.1, 0.15) is 31.4 Å². The number of sulfonamides is 1. The van der Waals surface area contributed by atoms with E-state index in [1.54, 1.807) is 28.9 Å². The van der Waals surface area contributed by atoms with Crippen LogP contribution in [0.3, 0.4) is 0 Å². The third-order valence-corrected chi connectivity index (χ3v) is 12.0. The highest BCUT2D eigenvalue weighted by Crippen LogP contribution is 2.33. The second-order valence-corrected chi connectivity index (χ2v) is 16.5. The molecule has 1 aromatic heterocycles. The molecule has 5 rings (SSSR count). The maximum atomic E-state index is 12.4. The van der Waals surface area contributed by atoms with Crippen LogP contribution < -0.4 is 26.4 Å². The quantitative estimate of drug-likeness (QED) is 0.0791. The molecule has 2 saturated heterocycles. The van der Waals surface area contributed by atoms with E-state index in [2.05, 4.69) is 21.3 Å². The normalized spacial score (nSPS) is 18.1. The predicted octanol–water partition coefficient (Wildman–Crippen LogP) is 3.06. The average Bonchev–Trinajstić information content (AvgIpc) is 3.82. The Kier molecular flexibility index (Phi) is 15.1. The number of rotatable bonds is 21. The molecule has 2 aromatic carbocycles. The molecule has 0 aliphatic carbocycles. The number of halogens is 1. The predicted molar refractivity (Wildman–Crippen MR) is 203 cm³/mol. The lowest BCUT2D eigenvalue weighted by Crippen LogP contribution is -2.36. The van der Waals surface area contributed by atoms with Crippen molar-refractivity contribution in [3.63, 3.8) is 0 Å². The average molecular weight is 794 g/mol. The lowest BCUT2D eigenvalue weighted by Gasteiger charge is -2.16. The topological polar surface area (TPSA) is 196 Å². The molecule has 52 heavy (non-hydrogen) atoms. The van der Waals surface area contributed by atoms with Crippen LogP contribution in [0.4, 0.5) is 4.79 Å². The summed E-state index contributed by atoms with van der Waals surface area (Å²) in [5.74, 6) is 1.54. The largest absolute Gasteiger partial charge is 0.377 e. The van der Waals surface area contributed by atoms with Crippen LogP contribution in [0.15, 0.2) is 59.5 Å². The third kappa shape index (κ3) is 12.1. The molecular weight excluding hydrogens is 750 g/mol. The highest BCUT2D eigenvalue weighted by Gasteiger charge is 2.42. The van der Waals surface area contributed by atoms with Gasteiger partial charge in [0.1, 0.15) is 0 Å². The van der Waals surface area contributed by atoms with Gasteiger partial charge in [0.25, 0.3) is 0 Å². The highest BCUT2D eigenvalue weighted by molar-refractivity contribution is 8.00. The molecule has 4 amide bonds. The number of hydrogen-bond donors (Lipinski definition) is 5. The smallest absolute Gasteiger partial charge is 0.315 e. The van der Waals surface area contributed by atoms with Gasteiger partial charge in [0.05, 0.1) is 66.2 Å². The Balaban J connectivity index is 0.898. The van der Waals surface area contributed by atoms with Crippen molar-refractivity contribution in [1.29, 1.82) is 0 Å². The monoisotopic (exact) mass is 793 g/mol. The fourth-order valence-corrected chi connectivity index (χ4v) is 8.73. The Morgan fingerprint density at radius 3 is 2.37 bits per heavy atom. The first kappa shape index (κ1) is 39.9. The van der Waals surface area contributed by atoms with E-state index in [1.807, 2.05) is 30.0 Å². The van der Waals surface area contributed by atoms with Gasteiger partial charge < -0.3 is 30.7 Å². The molecule has 3 atom stereocenters. The number of primary sulfonamides is 1. The van der Waals surface area contributed by atoms with E-state index in [0.717, 1.165) is 42.0 Å². The number of carbonyl (C=O) groups is 3. The van der Waals surface area contributed by atoms with Crippen molar-refractivity contribution in [3.8, 4) is 16.9 Å². The fourth-order valence-electron chi connectivity index (χ4n) is 5.81. The first-order valence-electron chi connectivity index (χ1n) is 17.0. The number of fused-ring (bicyclic) bond motifs is 1. The van der Waals surface area contributed by atoms with E-state index in [-0.39, 0.29) is 40.6 Å². The van der Waals surface area contributed by atoms with Gasteiger partial charge in [0.15, 0.2) is 0 Å². The summed E-state index contributed by atoms with van der Waals surface area (Å²) >= 11 is 9.39. The van der Waals surface area contributed by atoms with Crippen LogP contribution in [-0.2, 0) is 34.8 Å². The minimum Gasteiger partial charge on any atom is -0.377 e. The summed E-state index contributed by atoms with van der Waals surface area (Å²) in [6, 6.07) is 15.7. The fraction of sp³-hybridized carbons (Fsp3) is 0.471. The zero-order valence-corrected chi connectivity index (χ0v) is 31.8. The van der Waals surface area contributed by atoms with Crippen LogP contribution in [0.25, 0.3) is 16.9 Å². The molecule has 282 valence electrons. The third-order valence-electron chi connectivity index (χ3n) is 8.38. The number of amides is 4. The van der Waals surface area contributed by atoms with Gasteiger partial charge in [-0.1, -0.05) is 30.2 Å². The second kappa shape index (κ2) is 19.7. The number of ether oxygens (including phenoxy) is 2. The summed E-state index contributed by atoms with van der Waals surface area (Å²) in [5.41, 5.74) is 3.05. The molecule has 3 heterocycles. The van der Waals surface area contributed by atoms with E-state index in [0.29, 0.717) is 67.7 Å². The maximum Gasteiger partial charge on any atom is 0.315 e. The highest BCUT2D eigenvalue weighted by atomic mass is 35.5. The Labute approximate surface area is 317 Å². The molecule has 18 heteroatoms. The first-order chi connectivity index (χ1) is 25.1. The van der Waals surface area contributed by atoms with Gasteiger partial charge in [-0.25, -0.2) is 23.0 Å². The van der Waals surface area contributed by atoms with Crippen molar-refractivity contribution in [2.75, 3.05) is 51.0 Å². The standard InChI is InChI=1S/C34H44ClN7O7S3/c35-24-7-5-23(6-8-24)29-19-25(41-42(29)26-9-11-27(12-10-26)52(36,46)47)20-50-22-32(44)38-14-16-49-18-17-48-15-13-37-31(43)4-2-1-3-30-33-28(21-51-30)39-34(45)40-33/h5-12,19,28,30,33H,1-4,13-18,20-22H2,(H,37,43)(H,38,44)(H2,36,46,47)(H2,39,40,45)/t28-,30-,33-/m1/s1. The number of nitrogens with zero attached hydrogens (tertiary/aromatic N) is 2. The number of nitrogens with two attached hydrogens (primary N) is 1. The summed E-state index contributed by atoms with van der Waals surface area (Å²) in [7, 11) is -3.83. The molecule has 2 fully saturated rings. The minimum atomic E-state index is -3.83. The molecule has 0 saturated carbocycles. The van der Waals surface area contributed by atoms with E-state index >= 15 is 0 Å². The second-order valence-electron chi connectivity index (χ2n) is 12.3. The SMILES string of the molecule is NS(=O)(=O)c1ccc(-n2nc(CSCC(=O)NCCOCCOCCNC(=O)CCCC[C@H]3SC[C@H]4NC(=O)N[C@H]43)cc2-c2ccc(Cl)cc2)cc1. The Bertz CT molecular complexity index is 1760. The van der Waals surface area contributed by atoms with Gasteiger partial charge >= 0.3 is 6.03 Å². The zero-order valence-electron chi connectivity index (χ0n) is 28.6. The van der Waals surface area contributed by atoms with Crippen molar-refractivity contribution in [2.45, 2.75) is 53.7 Å². The first-order valence-corrected chi connectivity index (χ1v) is 21.1. The molecule has 0 radical (unpaired) electrons. The molecule has 0 bridgehead atoms. The molecule has 6 N–H and O–H groups in total. The van der Waals surface area contributed by atoms with Gasteiger partial charge in [-0.05, 0) is 55.3 Å². The number of urea groups is 1. The number of benzene rings is 2. The number of carbonyl (C=O) groups excluding carboxylic acids is 3. The van der Waals surface area contributed by atoms with E-state index in [1.165, 1.54) is 23.9 Å². The van der Waals surface area contributed by atoms with Crippen LogP contribution in [-0.4, -0.2) is 104 Å². The Morgan fingerprint density at radius 1 is 0.981 bits per heavy atom. The summed E-state index contributed by atoms with van der Waals surface area (Å²) in [6.45, 7) is 2.29. The van der Waals surface area contributed by atoms with Crippen molar-refractivity contribution in [1.82, 2.24) is 31.0 Å². The number of hydrogen-bond acceptors (Lipinski definition) is 10.